The molecule has 0 aromatic heterocycles. The molecule has 1 aromatic rings. The molecule has 0 saturated carbocycles. The molecular formula is C19H33NO4S. The van der Waals surface area contributed by atoms with E-state index in [0.717, 1.165) is 16.5 Å². The van der Waals surface area contributed by atoms with Gasteiger partial charge in [0.25, 0.3) is 0 Å². The summed E-state index contributed by atoms with van der Waals surface area (Å²) in [7, 11) is -0.852. The molecule has 0 heterocycles. The van der Waals surface area contributed by atoms with Crippen LogP contribution in [0.3, 0.4) is 0 Å². The second-order valence-electron chi connectivity index (χ2n) is 6.47. The first kappa shape index (κ1) is 21.8. The van der Waals surface area contributed by atoms with Crippen LogP contribution >= 0.6 is 0 Å². The third-order valence-corrected chi connectivity index (χ3v) is 5.29. The minimum atomic E-state index is -3.71. The largest absolute Gasteiger partial charge is 0.494 e. The van der Waals surface area contributed by atoms with Crippen molar-refractivity contribution in [3.05, 3.63) is 24.3 Å². The molecule has 25 heavy (non-hydrogen) atoms. The fourth-order valence-electron chi connectivity index (χ4n) is 2.39. The predicted molar refractivity (Wildman–Crippen MR) is 102 cm³/mol. The Labute approximate surface area is 153 Å². The summed E-state index contributed by atoms with van der Waals surface area (Å²) in [6, 6.07) is 6.67. The molecule has 0 radical (unpaired) electrons. The van der Waals surface area contributed by atoms with Crippen LogP contribution in [0.5, 0.6) is 11.5 Å². The van der Waals surface area contributed by atoms with Crippen LogP contribution in [-0.4, -0.2) is 33.4 Å². The average Bonchev–Trinajstić information content (AvgIpc) is 2.57. The lowest BCUT2D eigenvalue weighted by molar-refractivity contribution is 0.304. The van der Waals surface area contributed by atoms with Crippen molar-refractivity contribution in [2.45, 2.75) is 64.7 Å². The van der Waals surface area contributed by atoms with Gasteiger partial charge in [0.2, 0.25) is 0 Å². The highest BCUT2D eigenvalue weighted by Gasteiger charge is 2.15. The average molecular weight is 372 g/mol. The lowest BCUT2D eigenvalue weighted by atomic mass is 10.1. The van der Waals surface area contributed by atoms with Gasteiger partial charge in [-0.2, -0.15) is 12.7 Å². The smallest absolute Gasteiger partial charge is 0.384 e. The van der Waals surface area contributed by atoms with E-state index in [1.54, 1.807) is 24.3 Å². The van der Waals surface area contributed by atoms with Crippen LogP contribution in [0.15, 0.2) is 24.3 Å². The maximum atomic E-state index is 11.6. The third kappa shape index (κ3) is 9.70. The predicted octanol–water partition coefficient (Wildman–Crippen LogP) is 4.78. The van der Waals surface area contributed by atoms with Gasteiger partial charge in [0.15, 0.2) is 0 Å². The van der Waals surface area contributed by atoms with Gasteiger partial charge in [-0.25, -0.2) is 0 Å². The zero-order valence-corrected chi connectivity index (χ0v) is 16.7. The van der Waals surface area contributed by atoms with Crippen molar-refractivity contribution in [3.63, 3.8) is 0 Å². The van der Waals surface area contributed by atoms with Crippen molar-refractivity contribution < 1.29 is 17.3 Å². The quantitative estimate of drug-likeness (QED) is 0.442. The number of benzene rings is 1. The summed E-state index contributed by atoms with van der Waals surface area (Å²) in [6.07, 6.45) is 11.6. The fraction of sp³-hybridized carbons (Fsp3) is 0.684. The van der Waals surface area contributed by atoms with E-state index in [1.165, 1.54) is 65.5 Å². The first-order chi connectivity index (χ1) is 12.0. The Morgan fingerprint density at radius 2 is 1.28 bits per heavy atom. The molecule has 5 nitrogen and oxygen atoms in total. The Balaban J connectivity index is 2.14. The van der Waals surface area contributed by atoms with Crippen LogP contribution in [0, 0.1) is 0 Å². The Morgan fingerprint density at radius 3 is 1.80 bits per heavy atom. The summed E-state index contributed by atoms with van der Waals surface area (Å²) in [5.41, 5.74) is 0. The van der Waals surface area contributed by atoms with Gasteiger partial charge in [-0.1, -0.05) is 58.3 Å². The molecule has 0 unspecified atom stereocenters. The van der Waals surface area contributed by atoms with Gasteiger partial charge >= 0.3 is 10.3 Å². The van der Waals surface area contributed by atoms with Gasteiger partial charge in [-0.15, -0.1) is 0 Å². The summed E-state index contributed by atoms with van der Waals surface area (Å²) in [5, 5.41) is 0. The van der Waals surface area contributed by atoms with Gasteiger partial charge in [-0.3, -0.25) is 0 Å². The van der Waals surface area contributed by atoms with Crippen LogP contribution in [0.4, 0.5) is 0 Å². The van der Waals surface area contributed by atoms with E-state index in [0.29, 0.717) is 6.61 Å². The molecule has 0 fully saturated rings. The summed E-state index contributed by atoms with van der Waals surface area (Å²) in [6.45, 7) is 2.93. The van der Waals surface area contributed by atoms with Gasteiger partial charge in [0.05, 0.1) is 6.61 Å². The Morgan fingerprint density at radius 1 is 0.800 bits per heavy atom. The molecule has 0 aliphatic carbocycles. The molecule has 0 aliphatic rings. The van der Waals surface area contributed by atoms with Crippen molar-refractivity contribution in [1.82, 2.24) is 4.31 Å². The summed E-state index contributed by atoms with van der Waals surface area (Å²) >= 11 is 0. The Kier molecular flexibility index (Phi) is 10.6. The highest BCUT2D eigenvalue weighted by molar-refractivity contribution is 7.84. The minimum absolute atomic E-state index is 0.282. The number of unbranched alkanes of at least 4 members (excludes halogenated alkanes) is 8. The van der Waals surface area contributed by atoms with Gasteiger partial charge in [0, 0.05) is 14.1 Å². The molecule has 1 rings (SSSR count). The molecule has 0 aliphatic heterocycles. The van der Waals surface area contributed by atoms with Crippen molar-refractivity contribution >= 4 is 10.3 Å². The number of ether oxygens (including phenoxy) is 1. The SMILES string of the molecule is CCCCCCCCCCCOc1ccc(OS(=O)(=O)N(C)C)cc1. The molecule has 0 spiro atoms. The van der Waals surface area contributed by atoms with Gasteiger partial charge in [-0.05, 0) is 30.7 Å². The zero-order chi connectivity index (χ0) is 18.5. The lowest BCUT2D eigenvalue weighted by Crippen LogP contribution is -2.26. The summed E-state index contributed by atoms with van der Waals surface area (Å²) in [4.78, 5) is 0. The monoisotopic (exact) mass is 371 g/mol. The summed E-state index contributed by atoms with van der Waals surface area (Å²) in [5.74, 6) is 1.01. The van der Waals surface area contributed by atoms with Crippen molar-refractivity contribution in [3.8, 4) is 11.5 Å². The Hall–Kier alpha value is -1.27. The molecule has 0 saturated heterocycles. The Bertz CT molecular complexity index is 555. The first-order valence-corrected chi connectivity index (χ1v) is 10.7. The second kappa shape index (κ2) is 12.1. The zero-order valence-electron chi connectivity index (χ0n) is 15.9. The summed E-state index contributed by atoms with van der Waals surface area (Å²) < 4.78 is 34.9. The highest BCUT2D eigenvalue weighted by Crippen LogP contribution is 2.20. The number of hydrogen-bond donors (Lipinski definition) is 0. The van der Waals surface area contributed by atoms with Crippen LogP contribution in [0.25, 0.3) is 0 Å². The number of hydrogen-bond acceptors (Lipinski definition) is 4. The van der Waals surface area contributed by atoms with Crippen LogP contribution < -0.4 is 8.92 Å². The molecule has 144 valence electrons. The standard InChI is InChI=1S/C19H33NO4S/c1-4-5-6-7-8-9-10-11-12-17-23-18-13-15-19(16-14-18)24-25(21,22)20(2)3/h13-16H,4-12,17H2,1-3H3. The number of nitrogens with zero attached hydrogens (tertiary/aromatic N) is 1. The van der Waals surface area contributed by atoms with Crippen molar-refractivity contribution in [2.75, 3.05) is 20.7 Å². The van der Waals surface area contributed by atoms with Crippen LogP contribution in [0.1, 0.15) is 64.7 Å². The van der Waals surface area contributed by atoms with Gasteiger partial charge in [0.1, 0.15) is 11.5 Å². The lowest BCUT2D eigenvalue weighted by Gasteiger charge is -2.12. The second-order valence-corrected chi connectivity index (χ2v) is 8.22. The molecule has 6 heteroatoms. The molecule has 0 amide bonds. The van der Waals surface area contributed by atoms with E-state index >= 15 is 0 Å². The van der Waals surface area contributed by atoms with E-state index in [4.69, 9.17) is 8.92 Å². The molecular weight excluding hydrogens is 338 g/mol. The molecule has 0 N–H and O–H groups in total. The fourth-order valence-corrected chi connectivity index (χ4v) is 2.89. The maximum Gasteiger partial charge on any atom is 0.384 e. The molecule has 0 bridgehead atoms. The van der Waals surface area contributed by atoms with Crippen molar-refractivity contribution in [2.24, 2.45) is 0 Å². The van der Waals surface area contributed by atoms with Crippen LogP contribution in [-0.2, 0) is 10.3 Å². The first-order valence-electron chi connectivity index (χ1n) is 9.30. The van der Waals surface area contributed by atoms with E-state index in [-0.39, 0.29) is 5.75 Å². The van der Waals surface area contributed by atoms with E-state index in [1.807, 2.05) is 0 Å². The normalized spacial score (nSPS) is 11.7. The number of rotatable bonds is 14. The third-order valence-electron chi connectivity index (χ3n) is 3.99. The van der Waals surface area contributed by atoms with E-state index in [2.05, 4.69) is 6.92 Å². The highest BCUT2D eigenvalue weighted by atomic mass is 32.2. The van der Waals surface area contributed by atoms with E-state index in [9.17, 15) is 8.42 Å². The molecule has 0 atom stereocenters. The van der Waals surface area contributed by atoms with E-state index < -0.39 is 10.3 Å². The van der Waals surface area contributed by atoms with Crippen molar-refractivity contribution in [1.29, 1.82) is 0 Å². The molecule has 1 aromatic carbocycles. The van der Waals surface area contributed by atoms with Crippen LogP contribution in [0.2, 0.25) is 0 Å². The van der Waals surface area contributed by atoms with Gasteiger partial charge < -0.3 is 8.92 Å². The topological polar surface area (TPSA) is 55.8 Å². The minimum Gasteiger partial charge on any atom is -0.494 e. The maximum absolute atomic E-state index is 11.6.